The lowest BCUT2D eigenvalue weighted by Crippen LogP contribution is -2.39. The van der Waals surface area contributed by atoms with E-state index in [1.807, 2.05) is 0 Å². The van der Waals surface area contributed by atoms with Gasteiger partial charge in [-0.25, -0.2) is 0 Å². The van der Waals surface area contributed by atoms with Crippen LogP contribution >= 0.6 is 0 Å². The number of methoxy groups -OCH3 is 1. The van der Waals surface area contributed by atoms with E-state index in [0.29, 0.717) is 22.5 Å². The lowest BCUT2D eigenvalue weighted by atomic mass is 9.80. The van der Waals surface area contributed by atoms with Crippen LogP contribution in [0.2, 0.25) is 0 Å². The Morgan fingerprint density at radius 1 is 1.36 bits per heavy atom. The van der Waals surface area contributed by atoms with E-state index in [1.54, 1.807) is 46.1 Å². The number of hydrogen-bond acceptors (Lipinski definition) is 4. The smallest absolute Gasteiger partial charge is 0.316 e. The number of rotatable bonds is 4. The fourth-order valence-electron chi connectivity index (χ4n) is 2.29. The SMILES string of the molecule is COc1ccc2c(NC(=O)C(C(=O)O)C(C)(C)C)n[nH]c2c1. The Labute approximate surface area is 127 Å². The predicted molar refractivity (Wildman–Crippen MR) is 81.9 cm³/mol. The molecule has 1 aromatic heterocycles. The molecule has 118 valence electrons. The van der Waals surface area contributed by atoms with Crippen LogP contribution in [0.3, 0.4) is 0 Å². The predicted octanol–water partition coefficient (Wildman–Crippen LogP) is 2.26. The van der Waals surface area contributed by atoms with Crippen LogP contribution in [0.15, 0.2) is 18.2 Å². The first-order valence-electron chi connectivity index (χ1n) is 6.80. The molecule has 2 rings (SSSR count). The van der Waals surface area contributed by atoms with Crippen LogP contribution in [0.1, 0.15) is 20.8 Å². The number of carboxylic acid groups (broad SMARTS) is 1. The monoisotopic (exact) mass is 305 g/mol. The van der Waals surface area contributed by atoms with Crippen LogP contribution in [0, 0.1) is 11.3 Å². The van der Waals surface area contributed by atoms with E-state index >= 15 is 0 Å². The van der Waals surface area contributed by atoms with Gasteiger partial charge in [-0.1, -0.05) is 20.8 Å². The van der Waals surface area contributed by atoms with Gasteiger partial charge >= 0.3 is 5.97 Å². The summed E-state index contributed by atoms with van der Waals surface area (Å²) in [5, 5.41) is 19.4. The number of aliphatic carboxylic acids is 1. The van der Waals surface area contributed by atoms with Crippen molar-refractivity contribution in [3.05, 3.63) is 18.2 Å². The highest BCUT2D eigenvalue weighted by molar-refractivity contribution is 6.07. The average molecular weight is 305 g/mol. The molecule has 0 aliphatic carbocycles. The molecule has 0 aliphatic rings. The number of aromatic amines is 1. The molecular formula is C15H19N3O4. The Hall–Kier alpha value is -2.57. The van der Waals surface area contributed by atoms with Crippen LogP contribution in [0.4, 0.5) is 5.82 Å². The molecule has 0 bridgehead atoms. The summed E-state index contributed by atoms with van der Waals surface area (Å²) in [5.41, 5.74) is -0.0112. The van der Waals surface area contributed by atoms with Crippen molar-refractivity contribution in [2.75, 3.05) is 12.4 Å². The van der Waals surface area contributed by atoms with E-state index in [-0.39, 0.29) is 0 Å². The number of benzene rings is 1. The van der Waals surface area contributed by atoms with Gasteiger partial charge in [0.05, 0.1) is 12.6 Å². The van der Waals surface area contributed by atoms with Gasteiger partial charge in [0, 0.05) is 11.5 Å². The minimum atomic E-state index is -1.17. The first-order chi connectivity index (χ1) is 10.2. The number of nitrogens with one attached hydrogen (secondary N) is 2. The molecule has 7 heteroatoms. The summed E-state index contributed by atoms with van der Waals surface area (Å²) < 4.78 is 5.11. The summed E-state index contributed by atoms with van der Waals surface area (Å²) in [4.78, 5) is 23.7. The van der Waals surface area contributed by atoms with Crippen molar-refractivity contribution in [2.45, 2.75) is 20.8 Å². The molecule has 0 aliphatic heterocycles. The molecule has 1 unspecified atom stereocenters. The first-order valence-corrected chi connectivity index (χ1v) is 6.80. The van der Waals surface area contributed by atoms with Gasteiger partial charge in [0.1, 0.15) is 11.7 Å². The van der Waals surface area contributed by atoms with E-state index in [0.717, 1.165) is 0 Å². The summed E-state index contributed by atoms with van der Waals surface area (Å²) >= 11 is 0. The number of anilines is 1. The van der Waals surface area contributed by atoms with Crippen molar-refractivity contribution < 1.29 is 19.4 Å². The normalized spacial score (nSPS) is 12.9. The van der Waals surface area contributed by atoms with Gasteiger partial charge < -0.3 is 15.2 Å². The molecule has 1 heterocycles. The maximum absolute atomic E-state index is 12.3. The van der Waals surface area contributed by atoms with E-state index in [2.05, 4.69) is 15.5 Å². The maximum atomic E-state index is 12.3. The van der Waals surface area contributed by atoms with Gasteiger partial charge in [0.15, 0.2) is 5.82 Å². The summed E-state index contributed by atoms with van der Waals surface area (Å²) in [6, 6.07) is 5.24. The molecule has 0 saturated carbocycles. The highest BCUT2D eigenvalue weighted by atomic mass is 16.5. The second kappa shape index (κ2) is 5.67. The molecular weight excluding hydrogens is 286 g/mol. The number of nitrogens with zero attached hydrogens (tertiary/aromatic N) is 1. The van der Waals surface area contributed by atoms with Crippen LogP contribution < -0.4 is 10.1 Å². The van der Waals surface area contributed by atoms with Crippen molar-refractivity contribution in [2.24, 2.45) is 11.3 Å². The van der Waals surface area contributed by atoms with Crippen molar-refractivity contribution in [3.8, 4) is 5.75 Å². The Morgan fingerprint density at radius 2 is 2.05 bits per heavy atom. The van der Waals surface area contributed by atoms with E-state index in [9.17, 15) is 14.7 Å². The van der Waals surface area contributed by atoms with Gasteiger partial charge in [-0.05, 0) is 17.5 Å². The molecule has 0 radical (unpaired) electrons. The molecule has 22 heavy (non-hydrogen) atoms. The number of H-pyrrole nitrogens is 1. The third-order valence-corrected chi connectivity index (χ3v) is 3.39. The Bertz CT molecular complexity index is 715. The lowest BCUT2D eigenvalue weighted by Gasteiger charge is -2.25. The minimum Gasteiger partial charge on any atom is -0.497 e. The molecule has 1 amide bonds. The fraction of sp³-hybridized carbons (Fsp3) is 0.400. The van der Waals surface area contributed by atoms with E-state index in [4.69, 9.17) is 4.74 Å². The second-order valence-corrected chi connectivity index (χ2v) is 6.11. The standard InChI is InChI=1S/C15H19N3O4/c1-15(2,3)11(14(20)21)13(19)16-12-9-6-5-8(22-4)7-10(9)17-18-12/h5-7,11H,1-4H3,(H,20,21)(H2,16,17,18,19). The van der Waals surface area contributed by atoms with Crippen LogP contribution in [-0.4, -0.2) is 34.3 Å². The first kappa shape index (κ1) is 15.8. The van der Waals surface area contributed by atoms with Gasteiger partial charge in [-0.3, -0.25) is 14.7 Å². The topological polar surface area (TPSA) is 104 Å². The number of hydrogen-bond donors (Lipinski definition) is 3. The highest BCUT2D eigenvalue weighted by Crippen LogP contribution is 2.29. The summed E-state index contributed by atoms with van der Waals surface area (Å²) in [6.45, 7) is 5.12. The van der Waals surface area contributed by atoms with Gasteiger partial charge in [0.25, 0.3) is 0 Å². The number of fused-ring (bicyclic) bond motifs is 1. The number of carboxylic acids is 1. The Morgan fingerprint density at radius 3 is 2.59 bits per heavy atom. The lowest BCUT2D eigenvalue weighted by molar-refractivity contribution is -0.149. The van der Waals surface area contributed by atoms with Gasteiger partial charge in [-0.2, -0.15) is 5.10 Å². The van der Waals surface area contributed by atoms with Crippen LogP contribution in [0.5, 0.6) is 5.75 Å². The minimum absolute atomic E-state index is 0.304. The zero-order valence-electron chi connectivity index (χ0n) is 12.9. The van der Waals surface area contributed by atoms with E-state index < -0.39 is 23.2 Å². The number of aromatic nitrogens is 2. The Kier molecular flexibility index (Phi) is 4.07. The van der Waals surface area contributed by atoms with Crippen molar-refractivity contribution in [1.82, 2.24) is 10.2 Å². The molecule has 1 atom stereocenters. The third kappa shape index (κ3) is 3.03. The number of carbonyl (C=O) groups excluding carboxylic acids is 1. The highest BCUT2D eigenvalue weighted by Gasteiger charge is 2.38. The quantitative estimate of drug-likeness (QED) is 0.752. The largest absolute Gasteiger partial charge is 0.497 e. The summed E-state index contributed by atoms with van der Waals surface area (Å²) in [7, 11) is 1.56. The summed E-state index contributed by atoms with van der Waals surface area (Å²) in [5.74, 6) is -1.96. The molecule has 0 spiro atoms. The molecule has 2 aromatic rings. The van der Waals surface area contributed by atoms with Crippen molar-refractivity contribution in [1.29, 1.82) is 0 Å². The van der Waals surface area contributed by atoms with Gasteiger partial charge in [0.2, 0.25) is 5.91 Å². The molecule has 3 N–H and O–H groups in total. The summed E-state index contributed by atoms with van der Waals surface area (Å²) in [6.07, 6.45) is 0. The number of ether oxygens (including phenoxy) is 1. The molecule has 0 saturated heterocycles. The zero-order valence-corrected chi connectivity index (χ0v) is 12.9. The Balaban J connectivity index is 2.30. The third-order valence-electron chi connectivity index (χ3n) is 3.39. The second-order valence-electron chi connectivity index (χ2n) is 6.11. The van der Waals surface area contributed by atoms with E-state index in [1.165, 1.54) is 0 Å². The van der Waals surface area contributed by atoms with Crippen LogP contribution in [0.25, 0.3) is 10.9 Å². The van der Waals surface area contributed by atoms with Crippen molar-refractivity contribution in [3.63, 3.8) is 0 Å². The number of carbonyl (C=O) groups is 2. The van der Waals surface area contributed by atoms with Crippen molar-refractivity contribution >= 4 is 28.6 Å². The maximum Gasteiger partial charge on any atom is 0.316 e. The molecule has 1 aromatic carbocycles. The zero-order chi connectivity index (χ0) is 16.5. The van der Waals surface area contributed by atoms with Gasteiger partial charge in [-0.15, -0.1) is 0 Å². The average Bonchev–Trinajstić information content (AvgIpc) is 2.78. The number of amides is 1. The fourth-order valence-corrected chi connectivity index (χ4v) is 2.29. The van der Waals surface area contributed by atoms with Crippen LogP contribution in [-0.2, 0) is 9.59 Å². The molecule has 0 fully saturated rings. The molecule has 7 nitrogen and oxygen atoms in total.